The Kier molecular flexibility index (Phi) is 3.97. The summed E-state index contributed by atoms with van der Waals surface area (Å²) in [6.45, 7) is 0.274. The molecule has 112 valence electrons. The number of thiazole rings is 1. The maximum absolute atomic E-state index is 12.2. The predicted molar refractivity (Wildman–Crippen MR) is 87.1 cm³/mol. The Hall–Kier alpha value is -2.54. The van der Waals surface area contributed by atoms with E-state index in [-0.39, 0.29) is 12.5 Å². The number of nitrogens with zero attached hydrogens (tertiary/aromatic N) is 4. The Morgan fingerprint density at radius 3 is 2.82 bits per heavy atom. The van der Waals surface area contributed by atoms with Crippen molar-refractivity contribution in [3.05, 3.63) is 47.4 Å². The highest BCUT2D eigenvalue weighted by Gasteiger charge is 2.12. The lowest BCUT2D eigenvalue weighted by Gasteiger charge is -2.11. The predicted octanol–water partition coefficient (Wildman–Crippen LogP) is 2.08. The summed E-state index contributed by atoms with van der Waals surface area (Å²) < 4.78 is 0.999. The van der Waals surface area contributed by atoms with E-state index in [1.165, 1.54) is 11.3 Å². The van der Waals surface area contributed by atoms with Crippen molar-refractivity contribution >= 4 is 33.3 Å². The van der Waals surface area contributed by atoms with Crippen LogP contribution in [0.1, 0.15) is 15.6 Å². The molecular weight excluding hydrogens is 298 g/mol. The molecule has 1 amide bonds. The van der Waals surface area contributed by atoms with Gasteiger partial charge >= 0.3 is 0 Å². The molecule has 0 radical (unpaired) electrons. The van der Waals surface area contributed by atoms with Crippen molar-refractivity contribution in [2.75, 3.05) is 19.0 Å². The van der Waals surface area contributed by atoms with Gasteiger partial charge in [0.1, 0.15) is 11.6 Å². The van der Waals surface area contributed by atoms with Gasteiger partial charge in [-0.05, 0) is 18.2 Å². The summed E-state index contributed by atoms with van der Waals surface area (Å²) in [5, 5.41) is 3.26. The highest BCUT2D eigenvalue weighted by atomic mass is 32.1. The lowest BCUT2D eigenvalue weighted by Crippen LogP contribution is -2.24. The third-order valence-corrected chi connectivity index (χ3v) is 4.08. The number of aromatic nitrogens is 3. The second-order valence-corrected chi connectivity index (χ2v) is 5.93. The smallest absolute Gasteiger partial charge is 0.280 e. The summed E-state index contributed by atoms with van der Waals surface area (Å²) in [4.78, 5) is 26.9. The number of para-hydroxylation sites is 1. The van der Waals surface area contributed by atoms with Gasteiger partial charge in [-0.1, -0.05) is 12.1 Å². The first-order valence-corrected chi connectivity index (χ1v) is 7.58. The molecule has 0 aliphatic heterocycles. The van der Waals surface area contributed by atoms with Crippen molar-refractivity contribution in [3.8, 4) is 0 Å². The third kappa shape index (κ3) is 3.04. The van der Waals surface area contributed by atoms with Gasteiger partial charge in [0.2, 0.25) is 0 Å². The Labute approximate surface area is 131 Å². The molecule has 6 nitrogen and oxygen atoms in total. The number of nitrogens with one attached hydrogen (secondary N) is 1. The number of anilines is 1. The quantitative estimate of drug-likeness (QED) is 0.798. The molecule has 0 saturated carbocycles. The third-order valence-electron chi connectivity index (χ3n) is 3.04. The molecule has 3 rings (SSSR count). The zero-order chi connectivity index (χ0) is 15.5. The van der Waals surface area contributed by atoms with Crippen LogP contribution in [0.25, 0.3) is 10.2 Å². The average molecular weight is 313 g/mol. The zero-order valence-corrected chi connectivity index (χ0v) is 13.1. The van der Waals surface area contributed by atoms with Gasteiger partial charge in [-0.25, -0.2) is 15.0 Å². The van der Waals surface area contributed by atoms with Crippen LogP contribution in [0.5, 0.6) is 0 Å². The lowest BCUT2D eigenvalue weighted by molar-refractivity contribution is 0.0949. The van der Waals surface area contributed by atoms with Crippen LogP contribution >= 0.6 is 11.3 Å². The van der Waals surface area contributed by atoms with E-state index in [4.69, 9.17) is 0 Å². The fourth-order valence-corrected chi connectivity index (χ4v) is 2.81. The monoisotopic (exact) mass is 313 g/mol. The molecule has 0 atom stereocenters. The lowest BCUT2D eigenvalue weighted by atomic mass is 10.3. The number of amides is 1. The maximum Gasteiger partial charge on any atom is 0.280 e. The Bertz CT molecular complexity index is 781. The fourth-order valence-electron chi connectivity index (χ4n) is 1.93. The van der Waals surface area contributed by atoms with Crippen LogP contribution < -0.4 is 10.2 Å². The minimum Gasteiger partial charge on any atom is -0.363 e. The summed E-state index contributed by atoms with van der Waals surface area (Å²) in [5.41, 5.74) is 0.837. The van der Waals surface area contributed by atoms with Crippen LogP contribution in [0.4, 0.5) is 5.82 Å². The molecule has 1 N–H and O–H groups in total. The Morgan fingerprint density at radius 1 is 1.23 bits per heavy atom. The second kappa shape index (κ2) is 6.07. The molecule has 22 heavy (non-hydrogen) atoms. The molecule has 0 unspecified atom stereocenters. The molecule has 1 aromatic carbocycles. The molecule has 0 aliphatic carbocycles. The molecule has 0 spiro atoms. The normalized spacial score (nSPS) is 10.6. The Morgan fingerprint density at radius 2 is 2.05 bits per heavy atom. The summed E-state index contributed by atoms with van der Waals surface area (Å²) >= 11 is 1.38. The van der Waals surface area contributed by atoms with Crippen LogP contribution in [0.3, 0.4) is 0 Å². The molecule has 0 bridgehead atoms. The SMILES string of the molecule is CN(C)c1ccnc(CNC(=O)c2nc3ccccc3s2)n1. The van der Waals surface area contributed by atoms with Crippen molar-refractivity contribution in [3.63, 3.8) is 0 Å². The largest absolute Gasteiger partial charge is 0.363 e. The number of carbonyl (C=O) groups is 1. The van der Waals surface area contributed by atoms with E-state index in [1.54, 1.807) is 6.20 Å². The van der Waals surface area contributed by atoms with E-state index in [1.807, 2.05) is 49.3 Å². The number of carbonyl (C=O) groups excluding carboxylic acids is 1. The molecule has 3 aromatic rings. The molecule has 0 saturated heterocycles. The number of benzene rings is 1. The highest BCUT2D eigenvalue weighted by Crippen LogP contribution is 2.21. The molecule has 0 aliphatic rings. The van der Waals surface area contributed by atoms with Crippen molar-refractivity contribution < 1.29 is 4.79 Å². The van der Waals surface area contributed by atoms with Crippen molar-refractivity contribution in [1.82, 2.24) is 20.3 Å². The van der Waals surface area contributed by atoms with Crippen molar-refractivity contribution in [2.24, 2.45) is 0 Å². The van der Waals surface area contributed by atoms with Gasteiger partial charge in [-0.15, -0.1) is 11.3 Å². The number of fused-ring (bicyclic) bond motifs is 1. The Balaban J connectivity index is 1.70. The van der Waals surface area contributed by atoms with E-state index < -0.39 is 0 Å². The first-order chi connectivity index (χ1) is 10.6. The first kappa shape index (κ1) is 14.4. The van der Waals surface area contributed by atoms with Gasteiger partial charge in [0, 0.05) is 20.3 Å². The summed E-state index contributed by atoms with van der Waals surface area (Å²) in [6, 6.07) is 9.51. The zero-order valence-electron chi connectivity index (χ0n) is 12.3. The van der Waals surface area contributed by atoms with Gasteiger partial charge in [0.15, 0.2) is 5.01 Å². The van der Waals surface area contributed by atoms with E-state index in [0.29, 0.717) is 10.8 Å². The van der Waals surface area contributed by atoms with Crippen molar-refractivity contribution in [2.45, 2.75) is 6.54 Å². The van der Waals surface area contributed by atoms with E-state index in [9.17, 15) is 4.79 Å². The maximum atomic E-state index is 12.2. The number of hydrogen-bond acceptors (Lipinski definition) is 6. The van der Waals surface area contributed by atoms with E-state index in [2.05, 4.69) is 20.3 Å². The standard InChI is InChI=1S/C15H15N5OS/c1-20(2)13-7-8-16-12(19-13)9-17-14(21)15-18-10-5-3-4-6-11(10)22-15/h3-8H,9H2,1-2H3,(H,17,21). The highest BCUT2D eigenvalue weighted by molar-refractivity contribution is 7.20. The topological polar surface area (TPSA) is 71.0 Å². The number of hydrogen-bond donors (Lipinski definition) is 1. The van der Waals surface area contributed by atoms with Crippen LogP contribution in [0, 0.1) is 0 Å². The van der Waals surface area contributed by atoms with Crippen LogP contribution in [0.2, 0.25) is 0 Å². The van der Waals surface area contributed by atoms with Gasteiger partial charge < -0.3 is 10.2 Å². The summed E-state index contributed by atoms with van der Waals surface area (Å²) in [7, 11) is 3.82. The molecular formula is C15H15N5OS. The van der Waals surface area contributed by atoms with Crippen LogP contribution in [-0.4, -0.2) is 35.0 Å². The summed E-state index contributed by atoms with van der Waals surface area (Å²) in [6.07, 6.45) is 1.68. The van der Waals surface area contributed by atoms with Crippen molar-refractivity contribution in [1.29, 1.82) is 0 Å². The summed E-state index contributed by atoms with van der Waals surface area (Å²) in [5.74, 6) is 1.17. The minimum absolute atomic E-state index is 0.208. The minimum atomic E-state index is -0.208. The number of rotatable bonds is 4. The van der Waals surface area contributed by atoms with Gasteiger partial charge in [-0.2, -0.15) is 0 Å². The molecule has 7 heteroatoms. The second-order valence-electron chi connectivity index (χ2n) is 4.89. The van der Waals surface area contributed by atoms with Gasteiger partial charge in [-0.3, -0.25) is 4.79 Å². The molecule has 2 aromatic heterocycles. The van der Waals surface area contributed by atoms with E-state index >= 15 is 0 Å². The van der Waals surface area contributed by atoms with Crippen LogP contribution in [-0.2, 0) is 6.54 Å². The van der Waals surface area contributed by atoms with Crippen LogP contribution in [0.15, 0.2) is 36.5 Å². The molecule has 2 heterocycles. The van der Waals surface area contributed by atoms with Gasteiger partial charge in [0.25, 0.3) is 5.91 Å². The van der Waals surface area contributed by atoms with E-state index in [0.717, 1.165) is 16.0 Å². The molecule has 0 fully saturated rings. The first-order valence-electron chi connectivity index (χ1n) is 6.76. The van der Waals surface area contributed by atoms with Gasteiger partial charge in [0.05, 0.1) is 16.8 Å². The average Bonchev–Trinajstić information content (AvgIpc) is 2.97. The fraction of sp³-hybridized carbons (Fsp3) is 0.200.